The second kappa shape index (κ2) is 6.12. The van der Waals surface area contributed by atoms with E-state index in [1.807, 2.05) is 55.4 Å². The largest absolute Gasteiger partial charge is 0.378 e. The number of carbonyl (C=O) groups is 2. The van der Waals surface area contributed by atoms with Gasteiger partial charge >= 0.3 is 0 Å². The van der Waals surface area contributed by atoms with Crippen LogP contribution in [-0.2, 0) is 11.2 Å². The summed E-state index contributed by atoms with van der Waals surface area (Å²) >= 11 is 0. The number of hydrogen-bond donors (Lipinski definition) is 2. The normalized spacial score (nSPS) is 13.0. The van der Waals surface area contributed by atoms with Gasteiger partial charge in [0.15, 0.2) is 0 Å². The van der Waals surface area contributed by atoms with E-state index in [1.54, 1.807) is 6.07 Å². The molecule has 0 saturated carbocycles. The number of amides is 2. The molecule has 2 N–H and O–H groups in total. The molecule has 0 saturated heterocycles. The maximum atomic E-state index is 12.3. The lowest BCUT2D eigenvalue weighted by Gasteiger charge is -2.18. The molecule has 0 aromatic heterocycles. The van der Waals surface area contributed by atoms with E-state index in [4.69, 9.17) is 0 Å². The third-order valence-electron chi connectivity index (χ3n) is 3.90. The van der Waals surface area contributed by atoms with Crippen molar-refractivity contribution in [1.29, 1.82) is 0 Å². The number of rotatable bonds is 3. The molecular formula is C18H19N3O2. The number of nitrogens with zero attached hydrogens (tertiary/aromatic N) is 1. The number of carbonyl (C=O) groups excluding carboxylic acids is 2. The first-order valence-electron chi connectivity index (χ1n) is 7.54. The molecule has 0 spiro atoms. The summed E-state index contributed by atoms with van der Waals surface area (Å²) in [5, 5.41) is 5.74. The maximum absolute atomic E-state index is 12.3. The van der Waals surface area contributed by atoms with Gasteiger partial charge in [0.2, 0.25) is 5.91 Å². The van der Waals surface area contributed by atoms with Crippen LogP contribution >= 0.6 is 0 Å². The number of aryl methyl sites for hydroxylation is 1. The van der Waals surface area contributed by atoms with Crippen molar-refractivity contribution in [3.63, 3.8) is 0 Å². The lowest BCUT2D eigenvalue weighted by molar-refractivity contribution is -0.116. The maximum Gasteiger partial charge on any atom is 0.255 e. The molecule has 5 nitrogen and oxygen atoms in total. The van der Waals surface area contributed by atoms with E-state index in [-0.39, 0.29) is 11.8 Å². The van der Waals surface area contributed by atoms with E-state index < -0.39 is 0 Å². The van der Waals surface area contributed by atoms with Crippen molar-refractivity contribution in [3.05, 3.63) is 53.6 Å². The lowest BCUT2D eigenvalue weighted by Crippen LogP contribution is -2.19. The molecule has 1 heterocycles. The molecule has 0 atom stereocenters. The highest BCUT2D eigenvalue weighted by Crippen LogP contribution is 2.26. The number of fused-ring (bicyclic) bond motifs is 1. The fourth-order valence-corrected chi connectivity index (χ4v) is 2.58. The highest BCUT2D eigenvalue weighted by Gasteiger charge is 2.15. The highest BCUT2D eigenvalue weighted by atomic mass is 16.2. The van der Waals surface area contributed by atoms with Gasteiger partial charge in [-0.3, -0.25) is 9.59 Å². The third kappa shape index (κ3) is 3.34. The summed E-state index contributed by atoms with van der Waals surface area (Å²) in [6.07, 6.45) is 1.18. The first-order valence-corrected chi connectivity index (χ1v) is 7.54. The van der Waals surface area contributed by atoms with Gasteiger partial charge in [0.25, 0.3) is 5.91 Å². The molecule has 2 amide bonds. The SMILES string of the molecule is CN(C)c1ccc(C(=O)Nc2ccc3c(c2)CCC(=O)N3)cc1. The summed E-state index contributed by atoms with van der Waals surface area (Å²) in [6.45, 7) is 0. The average Bonchev–Trinajstić information content (AvgIpc) is 2.55. The zero-order chi connectivity index (χ0) is 16.4. The molecule has 0 bridgehead atoms. The number of benzene rings is 2. The molecule has 5 heteroatoms. The Morgan fingerprint density at radius 1 is 1.09 bits per heavy atom. The van der Waals surface area contributed by atoms with Crippen LogP contribution in [-0.4, -0.2) is 25.9 Å². The summed E-state index contributed by atoms with van der Waals surface area (Å²) in [5.41, 5.74) is 4.27. The van der Waals surface area contributed by atoms with Gasteiger partial charge in [-0.05, 0) is 54.4 Å². The van der Waals surface area contributed by atoms with E-state index >= 15 is 0 Å². The first-order chi connectivity index (χ1) is 11.0. The Morgan fingerprint density at radius 3 is 2.52 bits per heavy atom. The van der Waals surface area contributed by atoms with Crippen LogP contribution in [0, 0.1) is 0 Å². The van der Waals surface area contributed by atoms with Crippen molar-refractivity contribution < 1.29 is 9.59 Å². The van der Waals surface area contributed by atoms with Gasteiger partial charge in [-0.1, -0.05) is 0 Å². The van der Waals surface area contributed by atoms with Crippen molar-refractivity contribution in [2.75, 3.05) is 29.6 Å². The smallest absolute Gasteiger partial charge is 0.255 e. The minimum Gasteiger partial charge on any atom is -0.378 e. The van der Waals surface area contributed by atoms with Gasteiger partial charge < -0.3 is 15.5 Å². The monoisotopic (exact) mass is 309 g/mol. The average molecular weight is 309 g/mol. The molecule has 3 rings (SSSR count). The van der Waals surface area contributed by atoms with Crippen LogP contribution in [0.2, 0.25) is 0 Å². The number of hydrogen-bond acceptors (Lipinski definition) is 3. The van der Waals surface area contributed by atoms with Crippen molar-refractivity contribution in [3.8, 4) is 0 Å². The van der Waals surface area contributed by atoms with Crippen LogP contribution in [0.25, 0.3) is 0 Å². The molecular weight excluding hydrogens is 290 g/mol. The topological polar surface area (TPSA) is 61.4 Å². The number of anilines is 3. The van der Waals surface area contributed by atoms with Gasteiger partial charge in [-0.15, -0.1) is 0 Å². The molecule has 0 aliphatic carbocycles. The van der Waals surface area contributed by atoms with Crippen molar-refractivity contribution in [1.82, 2.24) is 0 Å². The Balaban J connectivity index is 1.74. The van der Waals surface area contributed by atoms with Gasteiger partial charge in [-0.2, -0.15) is 0 Å². The van der Waals surface area contributed by atoms with E-state index in [0.717, 1.165) is 22.6 Å². The molecule has 23 heavy (non-hydrogen) atoms. The quantitative estimate of drug-likeness (QED) is 0.916. The highest BCUT2D eigenvalue weighted by molar-refractivity contribution is 6.04. The van der Waals surface area contributed by atoms with Gasteiger partial charge in [0, 0.05) is 43.1 Å². The van der Waals surface area contributed by atoms with E-state index in [2.05, 4.69) is 10.6 Å². The summed E-state index contributed by atoms with van der Waals surface area (Å²) in [7, 11) is 3.92. The second-order valence-corrected chi connectivity index (χ2v) is 5.82. The molecule has 0 fully saturated rings. The Kier molecular flexibility index (Phi) is 4.02. The van der Waals surface area contributed by atoms with Crippen LogP contribution in [0.4, 0.5) is 17.1 Å². The lowest BCUT2D eigenvalue weighted by atomic mass is 10.0. The predicted octanol–water partition coefficient (Wildman–Crippen LogP) is 2.89. The first kappa shape index (κ1) is 15.1. The fourth-order valence-electron chi connectivity index (χ4n) is 2.58. The van der Waals surface area contributed by atoms with E-state index in [9.17, 15) is 9.59 Å². The zero-order valence-electron chi connectivity index (χ0n) is 13.2. The Hall–Kier alpha value is -2.82. The van der Waals surface area contributed by atoms with Gasteiger partial charge in [0.1, 0.15) is 0 Å². The fraction of sp³-hybridized carbons (Fsp3) is 0.222. The van der Waals surface area contributed by atoms with Crippen LogP contribution in [0.3, 0.4) is 0 Å². The summed E-state index contributed by atoms with van der Waals surface area (Å²) < 4.78 is 0. The van der Waals surface area contributed by atoms with Crippen LogP contribution < -0.4 is 15.5 Å². The Bertz CT molecular complexity index is 751. The van der Waals surface area contributed by atoms with Crippen LogP contribution in [0.1, 0.15) is 22.3 Å². The third-order valence-corrected chi connectivity index (χ3v) is 3.90. The van der Waals surface area contributed by atoms with Crippen LogP contribution in [0.15, 0.2) is 42.5 Å². The van der Waals surface area contributed by atoms with Crippen LogP contribution in [0.5, 0.6) is 0 Å². The van der Waals surface area contributed by atoms with Crippen molar-refractivity contribution in [2.24, 2.45) is 0 Å². The molecule has 2 aromatic carbocycles. The molecule has 0 unspecified atom stereocenters. The minimum atomic E-state index is -0.143. The zero-order valence-corrected chi connectivity index (χ0v) is 13.2. The summed E-state index contributed by atoms with van der Waals surface area (Å²) in [4.78, 5) is 25.7. The summed E-state index contributed by atoms with van der Waals surface area (Å²) in [6, 6.07) is 13.0. The molecule has 2 aromatic rings. The molecule has 0 radical (unpaired) electrons. The second-order valence-electron chi connectivity index (χ2n) is 5.82. The standard InChI is InChI=1S/C18H19N3O2/c1-21(2)15-7-3-12(4-8-15)18(23)19-14-6-9-16-13(11-14)5-10-17(22)20-16/h3-4,6-9,11H,5,10H2,1-2H3,(H,19,23)(H,20,22). The van der Waals surface area contributed by atoms with Gasteiger partial charge in [0.05, 0.1) is 0 Å². The van der Waals surface area contributed by atoms with E-state index in [1.165, 1.54) is 0 Å². The summed E-state index contributed by atoms with van der Waals surface area (Å²) in [5.74, 6) is -0.106. The molecule has 118 valence electrons. The molecule has 1 aliphatic heterocycles. The van der Waals surface area contributed by atoms with Gasteiger partial charge in [-0.25, -0.2) is 0 Å². The Morgan fingerprint density at radius 2 is 1.83 bits per heavy atom. The van der Waals surface area contributed by atoms with Crippen molar-refractivity contribution >= 4 is 28.9 Å². The molecule has 1 aliphatic rings. The van der Waals surface area contributed by atoms with E-state index in [0.29, 0.717) is 18.4 Å². The minimum absolute atomic E-state index is 0.0373. The Labute approximate surface area is 135 Å². The van der Waals surface area contributed by atoms with Crippen molar-refractivity contribution in [2.45, 2.75) is 12.8 Å². The number of nitrogens with one attached hydrogen (secondary N) is 2. The predicted molar refractivity (Wildman–Crippen MR) is 92.1 cm³/mol.